The summed E-state index contributed by atoms with van der Waals surface area (Å²) in [4.78, 5) is 29.8. The lowest BCUT2D eigenvalue weighted by molar-refractivity contribution is 0.0595. The number of rotatable bonds is 6. The van der Waals surface area contributed by atoms with Gasteiger partial charge in [0.1, 0.15) is 0 Å². The van der Waals surface area contributed by atoms with Crippen LogP contribution in [-0.2, 0) is 0 Å². The van der Waals surface area contributed by atoms with E-state index in [1.807, 2.05) is 43.9 Å². The van der Waals surface area contributed by atoms with Gasteiger partial charge in [0.25, 0.3) is 5.91 Å². The van der Waals surface area contributed by atoms with Crippen LogP contribution in [-0.4, -0.2) is 107 Å². The van der Waals surface area contributed by atoms with Gasteiger partial charge in [-0.15, -0.1) is 0 Å². The number of carbonyl (C=O) groups is 2. The number of aromatic carboxylic acids is 1. The van der Waals surface area contributed by atoms with Crippen molar-refractivity contribution in [2.24, 2.45) is 0 Å². The van der Waals surface area contributed by atoms with E-state index in [1.165, 1.54) is 13.1 Å². The highest BCUT2D eigenvalue weighted by molar-refractivity contribution is 9.10. The number of aryl methyl sites for hydroxylation is 2. The van der Waals surface area contributed by atoms with Crippen LogP contribution in [0.25, 0.3) is 0 Å². The van der Waals surface area contributed by atoms with Gasteiger partial charge in [-0.3, -0.25) is 14.6 Å². The minimum Gasteiger partial charge on any atom is -0.478 e. The summed E-state index contributed by atoms with van der Waals surface area (Å²) in [5.74, 6) is -0.736. The zero-order valence-corrected chi connectivity index (χ0v) is 31.3. The Morgan fingerprint density at radius 3 is 1.71 bits per heavy atom. The van der Waals surface area contributed by atoms with E-state index in [0.29, 0.717) is 18.0 Å². The molecule has 254 valence electrons. The van der Waals surface area contributed by atoms with Gasteiger partial charge in [-0.25, -0.2) is 4.79 Å². The van der Waals surface area contributed by atoms with E-state index in [-0.39, 0.29) is 12.3 Å². The average Bonchev–Trinajstić information content (AvgIpc) is 3.04. The van der Waals surface area contributed by atoms with E-state index in [1.54, 1.807) is 18.2 Å². The number of nitrogens with zero attached hydrogens (tertiary/aromatic N) is 3. The molecule has 0 saturated carbocycles. The fourth-order valence-electron chi connectivity index (χ4n) is 4.54. The van der Waals surface area contributed by atoms with Crippen LogP contribution in [0.4, 0.5) is 0 Å². The number of benzene rings is 2. The number of nitrogens with one attached hydrogen (secondary N) is 1. The first kappa shape index (κ1) is 37.6. The third-order valence-corrected chi connectivity index (χ3v) is 9.55. The fraction of sp³-hybridized carbons (Fsp3) is 0.600. The first-order valence-electron chi connectivity index (χ1n) is 17.0. The standard InChI is InChI=1S/C15H21BrN2O.C8H7BrO2.C7H16N2.C5H12O/c1-11(2)17-6-8-18(9-7-17)15(19)13-4-5-14(16)12(3)10-13;1-5-4-6(8(10)11)2-3-7(5)9;1-7(2)9-5-3-8-4-6-9;1-3-5(6)4-2/h4-5,10-11H,6-9H2,1-3H3;2-4H,1H3,(H,10,11);7-8H,3-6H2,1-2H3;5-6H,3-4H2,1-2H3/i;;;1TD. The molecule has 45 heavy (non-hydrogen) atoms. The van der Waals surface area contributed by atoms with Crippen molar-refractivity contribution >= 4 is 43.7 Å². The van der Waals surface area contributed by atoms with Gasteiger partial charge in [0.2, 0.25) is 0 Å². The number of aliphatic hydroxyl groups excluding tert-OH is 1. The second-order valence-corrected chi connectivity index (χ2v) is 13.5. The predicted molar refractivity (Wildman–Crippen MR) is 193 cm³/mol. The van der Waals surface area contributed by atoms with Crippen LogP contribution >= 0.6 is 31.9 Å². The summed E-state index contributed by atoms with van der Waals surface area (Å²) in [5, 5.41) is 20.7. The Balaban J connectivity index is 0.000000338. The van der Waals surface area contributed by atoms with Gasteiger partial charge in [0, 0.05) is 81.7 Å². The molecule has 4 rings (SSSR count). The van der Waals surface area contributed by atoms with E-state index in [9.17, 15) is 9.59 Å². The van der Waals surface area contributed by atoms with E-state index in [4.69, 9.17) is 13.0 Å². The SMILES string of the molecule is CC(C)N1CCNCC1.Cc1cc(C(=O)N2CCN(C(C)C)CC2)ccc1Br.Cc1cc(C(=O)O)ccc1Br.[2H]C([3H])CC(O)CC. The summed E-state index contributed by atoms with van der Waals surface area (Å²) < 4.78 is 15.4. The van der Waals surface area contributed by atoms with Crippen LogP contribution in [0.5, 0.6) is 0 Å². The molecule has 2 saturated heterocycles. The molecule has 3 N–H and O–H groups in total. The minimum absolute atomic E-state index is 0.152. The maximum absolute atomic E-state index is 12.4. The zero-order valence-electron chi connectivity index (χ0n) is 30.2. The lowest BCUT2D eigenvalue weighted by Gasteiger charge is -2.37. The Labute approximate surface area is 291 Å². The van der Waals surface area contributed by atoms with E-state index in [0.717, 1.165) is 70.9 Å². The highest BCUT2D eigenvalue weighted by Gasteiger charge is 2.23. The van der Waals surface area contributed by atoms with Crippen molar-refractivity contribution in [1.82, 2.24) is 20.0 Å². The predicted octanol–water partition coefficient (Wildman–Crippen LogP) is 6.85. The van der Waals surface area contributed by atoms with Crippen molar-refractivity contribution < 1.29 is 22.5 Å². The van der Waals surface area contributed by atoms with Crippen LogP contribution in [0, 0.1) is 13.8 Å². The average molecular weight is 760 g/mol. The molecule has 2 heterocycles. The zero-order chi connectivity index (χ0) is 35.7. The number of carbonyl (C=O) groups excluding carboxylic acids is 1. The normalized spacial score (nSPS) is 17.4. The number of halogens is 2. The molecule has 8 nitrogen and oxygen atoms in total. The van der Waals surface area contributed by atoms with Crippen molar-refractivity contribution in [3.05, 3.63) is 67.6 Å². The summed E-state index contributed by atoms with van der Waals surface area (Å²) in [5.41, 5.74) is 3.15. The molecule has 0 bridgehead atoms. The molecule has 2 aromatic carbocycles. The summed E-state index contributed by atoms with van der Waals surface area (Å²) in [7, 11) is 0. The largest absolute Gasteiger partial charge is 0.478 e. The fourth-order valence-corrected chi connectivity index (χ4v) is 5.04. The van der Waals surface area contributed by atoms with Crippen LogP contribution in [0.1, 0.15) is 88.9 Å². The van der Waals surface area contributed by atoms with Gasteiger partial charge < -0.3 is 20.4 Å². The van der Waals surface area contributed by atoms with Gasteiger partial charge in [-0.05, 0) is 102 Å². The number of piperazine rings is 2. The van der Waals surface area contributed by atoms with Crippen LogP contribution in [0.3, 0.4) is 0 Å². The first-order chi connectivity index (χ1) is 22.1. The monoisotopic (exact) mass is 757 g/mol. The molecule has 1 amide bonds. The van der Waals surface area contributed by atoms with Crippen molar-refractivity contribution in [1.29, 1.82) is 0 Å². The summed E-state index contributed by atoms with van der Waals surface area (Å²) in [6, 6.07) is 12.0. The lowest BCUT2D eigenvalue weighted by atomic mass is 10.1. The summed E-state index contributed by atoms with van der Waals surface area (Å²) in [6.45, 7) is 22.1. The van der Waals surface area contributed by atoms with Gasteiger partial charge in [-0.1, -0.05) is 45.7 Å². The topological polar surface area (TPSA) is 96.4 Å². The highest BCUT2D eigenvalue weighted by atomic mass is 79.9. The highest BCUT2D eigenvalue weighted by Crippen LogP contribution is 2.19. The number of carboxylic acids is 1. The van der Waals surface area contributed by atoms with Crippen molar-refractivity contribution in [3.8, 4) is 0 Å². The molecular weight excluding hydrogens is 700 g/mol. The van der Waals surface area contributed by atoms with E-state index in [2.05, 4.69) is 74.7 Å². The maximum Gasteiger partial charge on any atom is 0.335 e. The van der Waals surface area contributed by atoms with Crippen LogP contribution in [0.2, 0.25) is 0 Å². The molecule has 2 aliphatic rings. The van der Waals surface area contributed by atoms with Crippen molar-refractivity contribution in [2.75, 3.05) is 52.4 Å². The Hall–Kier alpha value is -1.82. The molecule has 0 aliphatic carbocycles. The third-order valence-electron chi connectivity index (χ3n) is 7.77. The number of aliphatic hydroxyl groups is 1. The minimum atomic E-state index is -0.888. The lowest BCUT2D eigenvalue weighted by Crippen LogP contribution is -2.50. The third kappa shape index (κ3) is 15.5. The first-order valence-corrected chi connectivity index (χ1v) is 17.4. The second kappa shape index (κ2) is 21.9. The van der Waals surface area contributed by atoms with E-state index >= 15 is 0 Å². The Bertz CT molecular complexity index is 1220. The smallest absolute Gasteiger partial charge is 0.335 e. The van der Waals surface area contributed by atoms with Crippen molar-refractivity contribution in [2.45, 2.75) is 86.4 Å². The molecule has 0 radical (unpaired) electrons. The molecule has 2 atom stereocenters. The van der Waals surface area contributed by atoms with Crippen LogP contribution < -0.4 is 5.32 Å². The molecule has 10 heteroatoms. The van der Waals surface area contributed by atoms with Crippen molar-refractivity contribution in [3.63, 3.8) is 0 Å². The molecule has 2 fully saturated rings. The molecular formula is C35H56Br2N4O4. The number of carboxylic acid groups (broad SMARTS) is 1. The van der Waals surface area contributed by atoms with Crippen LogP contribution in [0.15, 0.2) is 45.3 Å². The summed E-state index contributed by atoms with van der Waals surface area (Å²) >= 11 is 6.75. The second-order valence-electron chi connectivity index (χ2n) is 11.8. The maximum atomic E-state index is 12.4. The van der Waals surface area contributed by atoms with Gasteiger partial charge in [0.15, 0.2) is 0 Å². The van der Waals surface area contributed by atoms with Gasteiger partial charge >= 0.3 is 5.97 Å². The number of amides is 1. The summed E-state index contributed by atoms with van der Waals surface area (Å²) in [6.07, 6.45) is 0.472. The quantitative estimate of drug-likeness (QED) is 0.297. The molecule has 2 unspecified atom stereocenters. The molecule has 0 spiro atoms. The Kier molecular flexibility index (Phi) is 18.3. The van der Waals surface area contributed by atoms with E-state index < -0.39 is 18.9 Å². The Morgan fingerprint density at radius 1 is 0.867 bits per heavy atom. The molecule has 2 aromatic rings. The number of hydrogen-bond acceptors (Lipinski definition) is 6. The van der Waals surface area contributed by atoms with Gasteiger partial charge in [-0.2, -0.15) is 0 Å². The Morgan fingerprint density at radius 2 is 1.33 bits per heavy atom. The molecule has 2 aliphatic heterocycles. The molecule has 0 aromatic heterocycles. The van der Waals surface area contributed by atoms with Gasteiger partial charge in [0.05, 0.1) is 11.7 Å². The number of hydrogen-bond donors (Lipinski definition) is 3.